The molecule has 3 rings (SSSR count). The number of nitrogens with two attached hydrogens (primary N) is 1. The van der Waals surface area contributed by atoms with Crippen LogP contribution in [0.4, 0.5) is 11.5 Å². The van der Waals surface area contributed by atoms with Gasteiger partial charge in [-0.15, -0.1) is 0 Å². The van der Waals surface area contributed by atoms with Gasteiger partial charge in [0.25, 0.3) is 0 Å². The van der Waals surface area contributed by atoms with Crippen molar-refractivity contribution >= 4 is 34.0 Å². The second kappa shape index (κ2) is 3.77. The van der Waals surface area contributed by atoms with Gasteiger partial charge >= 0.3 is 0 Å². The highest BCUT2D eigenvalue weighted by Crippen LogP contribution is 2.35. The van der Waals surface area contributed by atoms with E-state index in [0.29, 0.717) is 5.02 Å². The van der Waals surface area contributed by atoms with Crippen molar-refractivity contribution < 1.29 is 0 Å². The number of benzene rings is 1. The lowest BCUT2D eigenvalue weighted by atomic mass is 10.0. The minimum atomic E-state index is 0.704. The van der Waals surface area contributed by atoms with Crippen LogP contribution in [-0.4, -0.2) is 18.6 Å². The van der Waals surface area contributed by atoms with Crippen molar-refractivity contribution in [2.24, 2.45) is 0 Å². The molecule has 0 spiro atoms. The molecular formula is C13H14ClN3. The summed E-state index contributed by atoms with van der Waals surface area (Å²) in [6, 6.07) is 5.68. The van der Waals surface area contributed by atoms with Crippen molar-refractivity contribution in [1.29, 1.82) is 0 Å². The summed E-state index contributed by atoms with van der Waals surface area (Å²) in [5.41, 5.74) is 9.15. The van der Waals surface area contributed by atoms with E-state index in [4.69, 9.17) is 17.3 Å². The van der Waals surface area contributed by atoms with Crippen LogP contribution in [-0.2, 0) is 6.42 Å². The molecule has 88 valence electrons. The molecule has 0 fully saturated rings. The molecule has 2 aromatic rings. The maximum absolute atomic E-state index is 6.25. The van der Waals surface area contributed by atoms with Gasteiger partial charge in [0.1, 0.15) is 5.82 Å². The fraction of sp³-hybridized carbons (Fsp3) is 0.308. The number of aromatic nitrogens is 1. The first kappa shape index (κ1) is 10.7. The Balaban J connectivity index is 2.35. The van der Waals surface area contributed by atoms with Gasteiger partial charge in [-0.25, -0.2) is 4.98 Å². The van der Waals surface area contributed by atoms with Gasteiger partial charge in [0.2, 0.25) is 0 Å². The lowest BCUT2D eigenvalue weighted by molar-refractivity contribution is 0.735. The van der Waals surface area contributed by atoms with Crippen molar-refractivity contribution in [3.05, 3.63) is 28.8 Å². The molecule has 1 aromatic carbocycles. The second-order valence-corrected chi connectivity index (χ2v) is 4.95. The molecule has 0 saturated carbocycles. The number of pyridine rings is 1. The van der Waals surface area contributed by atoms with Crippen LogP contribution < -0.4 is 10.6 Å². The van der Waals surface area contributed by atoms with Gasteiger partial charge in [-0.2, -0.15) is 0 Å². The van der Waals surface area contributed by atoms with E-state index < -0.39 is 0 Å². The second-order valence-electron chi connectivity index (χ2n) is 4.51. The number of anilines is 2. The summed E-state index contributed by atoms with van der Waals surface area (Å²) in [5, 5.41) is 1.67. The van der Waals surface area contributed by atoms with Gasteiger partial charge in [-0.3, -0.25) is 0 Å². The van der Waals surface area contributed by atoms with E-state index in [1.54, 1.807) is 0 Å². The lowest BCUT2D eigenvalue weighted by Crippen LogP contribution is -2.26. The lowest BCUT2D eigenvalue weighted by Gasteiger charge is -2.27. The summed E-state index contributed by atoms with van der Waals surface area (Å²) >= 11 is 6.01. The zero-order valence-electron chi connectivity index (χ0n) is 9.70. The molecule has 4 heteroatoms. The molecule has 0 atom stereocenters. The molecule has 3 nitrogen and oxygen atoms in total. The van der Waals surface area contributed by atoms with Gasteiger partial charge in [-0.05, 0) is 31.0 Å². The zero-order valence-corrected chi connectivity index (χ0v) is 10.5. The normalized spacial score (nSPS) is 15.1. The molecule has 17 heavy (non-hydrogen) atoms. The van der Waals surface area contributed by atoms with E-state index in [1.807, 2.05) is 18.2 Å². The topological polar surface area (TPSA) is 42.2 Å². The Kier molecular flexibility index (Phi) is 2.37. The van der Waals surface area contributed by atoms with Crippen LogP contribution in [0.3, 0.4) is 0 Å². The van der Waals surface area contributed by atoms with E-state index in [1.165, 1.54) is 0 Å². The maximum atomic E-state index is 6.25. The Morgan fingerprint density at radius 3 is 3.06 bits per heavy atom. The number of fused-ring (bicyclic) bond motifs is 2. The Hall–Kier alpha value is -1.48. The average molecular weight is 248 g/mol. The molecule has 1 aliphatic heterocycles. The van der Waals surface area contributed by atoms with Crippen molar-refractivity contribution in [3.8, 4) is 0 Å². The summed E-state index contributed by atoms with van der Waals surface area (Å²) in [5.74, 6) is 1.02. The molecule has 0 aliphatic carbocycles. The summed E-state index contributed by atoms with van der Waals surface area (Å²) in [6.45, 7) is 1.04. The standard InChI is InChI=1S/C13H14ClN3/c1-17-6-2-3-9-12(15)10-7-8(14)4-5-11(10)16-13(9)17/h4-5,7H,2-3,6H2,1H3,(H2,15,16). The van der Waals surface area contributed by atoms with Gasteiger partial charge in [-0.1, -0.05) is 11.6 Å². The number of halogens is 1. The van der Waals surface area contributed by atoms with Crippen LogP contribution >= 0.6 is 11.6 Å². The minimum absolute atomic E-state index is 0.704. The third-order valence-electron chi connectivity index (χ3n) is 3.35. The van der Waals surface area contributed by atoms with Gasteiger partial charge in [0.05, 0.1) is 5.52 Å². The first-order chi connectivity index (χ1) is 8.16. The van der Waals surface area contributed by atoms with Crippen molar-refractivity contribution in [3.63, 3.8) is 0 Å². The molecule has 0 bridgehead atoms. The van der Waals surface area contributed by atoms with Crippen molar-refractivity contribution in [2.45, 2.75) is 12.8 Å². The van der Waals surface area contributed by atoms with Gasteiger partial charge in [0, 0.05) is 35.3 Å². The Bertz CT molecular complexity index is 595. The molecular weight excluding hydrogens is 234 g/mol. The minimum Gasteiger partial charge on any atom is -0.398 e. The predicted molar refractivity (Wildman–Crippen MR) is 72.8 cm³/mol. The summed E-state index contributed by atoms with van der Waals surface area (Å²) in [6.07, 6.45) is 2.13. The average Bonchev–Trinajstić information content (AvgIpc) is 2.32. The molecule has 0 unspecified atom stereocenters. The third-order valence-corrected chi connectivity index (χ3v) is 3.59. The molecule has 1 aliphatic rings. The first-order valence-electron chi connectivity index (χ1n) is 5.75. The fourth-order valence-electron chi connectivity index (χ4n) is 2.45. The van der Waals surface area contributed by atoms with E-state index in [-0.39, 0.29) is 0 Å². The zero-order chi connectivity index (χ0) is 12.0. The van der Waals surface area contributed by atoms with Crippen LogP contribution in [0.25, 0.3) is 10.9 Å². The highest BCUT2D eigenvalue weighted by molar-refractivity contribution is 6.31. The largest absolute Gasteiger partial charge is 0.398 e. The van der Waals surface area contributed by atoms with Crippen LogP contribution in [0, 0.1) is 0 Å². The van der Waals surface area contributed by atoms with E-state index >= 15 is 0 Å². The van der Waals surface area contributed by atoms with Crippen LogP contribution in [0.15, 0.2) is 18.2 Å². The molecule has 0 amide bonds. The van der Waals surface area contributed by atoms with Crippen molar-refractivity contribution in [2.75, 3.05) is 24.2 Å². The molecule has 2 heterocycles. The SMILES string of the molecule is CN1CCCc2c1nc1ccc(Cl)cc1c2N. The van der Waals surface area contributed by atoms with Crippen molar-refractivity contribution in [1.82, 2.24) is 4.98 Å². The fourth-order valence-corrected chi connectivity index (χ4v) is 2.62. The number of nitrogens with zero attached hydrogens (tertiary/aromatic N) is 2. The van der Waals surface area contributed by atoms with Crippen LogP contribution in [0.5, 0.6) is 0 Å². The quantitative estimate of drug-likeness (QED) is 0.779. The maximum Gasteiger partial charge on any atom is 0.134 e. The smallest absolute Gasteiger partial charge is 0.134 e. The summed E-state index contributed by atoms with van der Waals surface area (Å²) < 4.78 is 0. The number of nitrogen functional groups attached to an aromatic ring is 1. The highest BCUT2D eigenvalue weighted by Gasteiger charge is 2.19. The van der Waals surface area contributed by atoms with E-state index in [0.717, 1.165) is 47.4 Å². The van der Waals surface area contributed by atoms with Gasteiger partial charge < -0.3 is 10.6 Å². The molecule has 0 saturated heterocycles. The van der Waals surface area contributed by atoms with Crippen LogP contribution in [0.2, 0.25) is 5.02 Å². The highest BCUT2D eigenvalue weighted by atomic mass is 35.5. The molecule has 1 aromatic heterocycles. The van der Waals surface area contributed by atoms with E-state index in [9.17, 15) is 0 Å². The van der Waals surface area contributed by atoms with Crippen LogP contribution in [0.1, 0.15) is 12.0 Å². The number of hydrogen-bond donors (Lipinski definition) is 1. The van der Waals surface area contributed by atoms with E-state index in [2.05, 4.69) is 16.9 Å². The third kappa shape index (κ3) is 1.62. The Morgan fingerprint density at radius 1 is 1.41 bits per heavy atom. The number of rotatable bonds is 0. The Labute approximate surface area is 105 Å². The summed E-state index contributed by atoms with van der Waals surface area (Å²) in [4.78, 5) is 6.86. The first-order valence-corrected chi connectivity index (χ1v) is 6.13. The Morgan fingerprint density at radius 2 is 2.24 bits per heavy atom. The van der Waals surface area contributed by atoms with Gasteiger partial charge in [0.15, 0.2) is 0 Å². The predicted octanol–water partition coefficient (Wildman–Crippen LogP) is 2.85. The summed E-state index contributed by atoms with van der Waals surface area (Å²) in [7, 11) is 2.06. The molecule has 2 N–H and O–H groups in total. The number of hydrogen-bond acceptors (Lipinski definition) is 3. The monoisotopic (exact) mass is 247 g/mol. The molecule has 0 radical (unpaired) electrons.